The summed E-state index contributed by atoms with van der Waals surface area (Å²) in [7, 11) is 2.19. The summed E-state index contributed by atoms with van der Waals surface area (Å²) >= 11 is 1.61. The first-order valence-corrected chi connectivity index (χ1v) is 10.2. The minimum Gasteiger partial charge on any atom is -0.337 e. The van der Waals surface area contributed by atoms with E-state index >= 15 is 0 Å². The molecule has 0 aromatic carbocycles. The molecule has 1 amide bonds. The van der Waals surface area contributed by atoms with Gasteiger partial charge in [0.2, 0.25) is 0 Å². The highest BCUT2D eigenvalue weighted by Gasteiger charge is 2.27. The Balaban J connectivity index is 1.60. The fourth-order valence-corrected chi connectivity index (χ4v) is 4.60. The highest BCUT2D eigenvalue weighted by Crippen LogP contribution is 2.22. The van der Waals surface area contributed by atoms with Gasteiger partial charge in [-0.1, -0.05) is 0 Å². The highest BCUT2D eigenvalue weighted by atomic mass is 32.1. The van der Waals surface area contributed by atoms with Crippen LogP contribution < -0.4 is 0 Å². The molecule has 136 valence electrons. The van der Waals surface area contributed by atoms with E-state index in [1.807, 2.05) is 4.90 Å². The zero-order chi connectivity index (χ0) is 17.2. The van der Waals surface area contributed by atoms with Crippen LogP contribution in [0.3, 0.4) is 0 Å². The average Bonchev–Trinajstić information content (AvgIpc) is 3.15. The van der Waals surface area contributed by atoms with E-state index in [1.54, 1.807) is 11.3 Å². The van der Waals surface area contributed by atoms with Crippen molar-refractivity contribution in [2.45, 2.75) is 32.2 Å². The molecular formula is C18H27N5OS. The van der Waals surface area contributed by atoms with Crippen LogP contribution in [0.2, 0.25) is 0 Å². The molecule has 0 bridgehead atoms. The Morgan fingerprint density at radius 1 is 1.08 bits per heavy atom. The van der Waals surface area contributed by atoms with Crippen molar-refractivity contribution >= 4 is 22.2 Å². The minimum absolute atomic E-state index is 0.123. The van der Waals surface area contributed by atoms with E-state index in [0.717, 1.165) is 69.3 Å². The molecule has 2 aliphatic heterocycles. The van der Waals surface area contributed by atoms with Crippen LogP contribution in [0.4, 0.5) is 0 Å². The second kappa shape index (κ2) is 7.43. The predicted octanol–water partition coefficient (Wildman–Crippen LogP) is 2.16. The smallest absolute Gasteiger partial charge is 0.274 e. The average molecular weight is 362 g/mol. The lowest BCUT2D eigenvalue weighted by Gasteiger charge is -2.27. The molecule has 0 radical (unpaired) electrons. The Kier molecular flexibility index (Phi) is 5.05. The molecule has 2 aliphatic rings. The van der Waals surface area contributed by atoms with Gasteiger partial charge in [-0.25, -0.2) is 4.98 Å². The van der Waals surface area contributed by atoms with E-state index in [-0.39, 0.29) is 5.91 Å². The maximum atomic E-state index is 13.1. The van der Waals surface area contributed by atoms with Crippen molar-refractivity contribution < 1.29 is 4.79 Å². The normalized spacial score (nSPS) is 20.9. The summed E-state index contributed by atoms with van der Waals surface area (Å²) < 4.78 is 2.12. The van der Waals surface area contributed by atoms with Crippen LogP contribution in [0.1, 0.15) is 41.9 Å². The summed E-state index contributed by atoms with van der Waals surface area (Å²) in [6.45, 7) is 6.91. The van der Waals surface area contributed by atoms with Crippen molar-refractivity contribution in [3.05, 3.63) is 23.0 Å². The number of aromatic nitrogens is 2. The van der Waals surface area contributed by atoms with Gasteiger partial charge in [0.05, 0.1) is 5.69 Å². The van der Waals surface area contributed by atoms with E-state index in [2.05, 4.69) is 32.8 Å². The van der Waals surface area contributed by atoms with Gasteiger partial charge in [-0.15, -0.1) is 11.3 Å². The Morgan fingerprint density at radius 3 is 2.76 bits per heavy atom. The molecule has 2 aromatic heterocycles. The lowest BCUT2D eigenvalue weighted by molar-refractivity contribution is 0.0716. The number of piperidine rings is 1. The summed E-state index contributed by atoms with van der Waals surface area (Å²) in [6, 6.07) is 0. The zero-order valence-corrected chi connectivity index (χ0v) is 15.8. The van der Waals surface area contributed by atoms with Crippen LogP contribution in [0.5, 0.6) is 0 Å². The van der Waals surface area contributed by atoms with Gasteiger partial charge in [0.15, 0.2) is 10.7 Å². The van der Waals surface area contributed by atoms with Crippen molar-refractivity contribution in [3.63, 3.8) is 0 Å². The van der Waals surface area contributed by atoms with Crippen LogP contribution in [0.15, 0.2) is 11.6 Å². The number of thiazole rings is 1. The highest BCUT2D eigenvalue weighted by molar-refractivity contribution is 7.15. The van der Waals surface area contributed by atoms with Gasteiger partial charge in [0.1, 0.15) is 0 Å². The first kappa shape index (κ1) is 17.0. The maximum Gasteiger partial charge on any atom is 0.274 e. The monoisotopic (exact) mass is 361 g/mol. The molecule has 0 saturated carbocycles. The fourth-order valence-electron chi connectivity index (χ4n) is 3.87. The number of carbonyl (C=O) groups excluding carboxylic acids is 1. The Bertz CT molecular complexity index is 733. The molecule has 2 saturated heterocycles. The largest absolute Gasteiger partial charge is 0.337 e. The number of hydrogen-bond acceptors (Lipinski definition) is 5. The quantitative estimate of drug-likeness (QED) is 0.840. The van der Waals surface area contributed by atoms with Crippen LogP contribution >= 0.6 is 11.3 Å². The number of imidazole rings is 1. The number of nitrogens with zero attached hydrogens (tertiary/aromatic N) is 5. The molecule has 4 rings (SSSR count). The van der Waals surface area contributed by atoms with Crippen molar-refractivity contribution in [1.29, 1.82) is 0 Å². The van der Waals surface area contributed by atoms with Gasteiger partial charge in [0.25, 0.3) is 5.91 Å². The third kappa shape index (κ3) is 3.59. The first-order chi connectivity index (χ1) is 12.2. The summed E-state index contributed by atoms with van der Waals surface area (Å²) in [5.41, 5.74) is 1.74. The number of carbonyl (C=O) groups is 1. The number of likely N-dealkylation sites (tertiary alicyclic amines) is 1. The number of fused-ring (bicyclic) bond motifs is 1. The standard InChI is InChI=1S/C18H27N5OS/c1-20-6-5-7-21(11-10-20)14-15-16(19-18-23(15)12-13-25-18)17(24)22-8-3-2-4-9-22/h12-13H,2-11,14H2,1H3. The Hall–Kier alpha value is -1.44. The van der Waals surface area contributed by atoms with Gasteiger partial charge in [-0.05, 0) is 45.8 Å². The van der Waals surface area contributed by atoms with Crippen molar-refractivity contribution in [3.8, 4) is 0 Å². The van der Waals surface area contributed by atoms with Crippen molar-refractivity contribution in [2.24, 2.45) is 0 Å². The third-order valence-electron chi connectivity index (χ3n) is 5.39. The molecule has 2 aromatic rings. The fraction of sp³-hybridized carbons (Fsp3) is 0.667. The molecule has 7 heteroatoms. The minimum atomic E-state index is 0.123. The van der Waals surface area contributed by atoms with E-state index < -0.39 is 0 Å². The maximum absolute atomic E-state index is 13.1. The van der Waals surface area contributed by atoms with Gasteiger partial charge in [-0.2, -0.15) is 0 Å². The molecule has 25 heavy (non-hydrogen) atoms. The van der Waals surface area contributed by atoms with Gasteiger partial charge in [-0.3, -0.25) is 14.1 Å². The molecular weight excluding hydrogens is 334 g/mol. The SMILES string of the molecule is CN1CCCN(Cc2c(C(=O)N3CCCCC3)nc3sccn23)CC1. The van der Waals surface area contributed by atoms with Crippen LogP contribution in [-0.4, -0.2) is 76.3 Å². The van der Waals surface area contributed by atoms with Crippen LogP contribution in [-0.2, 0) is 6.54 Å². The van der Waals surface area contributed by atoms with Crippen LogP contribution in [0, 0.1) is 0 Å². The second-order valence-electron chi connectivity index (χ2n) is 7.25. The van der Waals surface area contributed by atoms with Crippen molar-refractivity contribution in [1.82, 2.24) is 24.1 Å². The van der Waals surface area contributed by atoms with E-state index in [4.69, 9.17) is 4.98 Å². The molecule has 6 nitrogen and oxygen atoms in total. The summed E-state index contributed by atoms with van der Waals surface area (Å²) in [6.07, 6.45) is 6.69. The Morgan fingerprint density at radius 2 is 1.92 bits per heavy atom. The Labute approximate surface area is 153 Å². The number of hydrogen-bond donors (Lipinski definition) is 0. The second-order valence-corrected chi connectivity index (χ2v) is 8.12. The lowest BCUT2D eigenvalue weighted by atomic mass is 10.1. The summed E-state index contributed by atoms with van der Waals surface area (Å²) in [5.74, 6) is 0.123. The zero-order valence-electron chi connectivity index (χ0n) is 15.0. The topological polar surface area (TPSA) is 44.1 Å². The number of amides is 1. The lowest BCUT2D eigenvalue weighted by Crippen LogP contribution is -2.37. The first-order valence-electron chi connectivity index (χ1n) is 9.37. The predicted molar refractivity (Wildman–Crippen MR) is 100 cm³/mol. The third-order valence-corrected chi connectivity index (χ3v) is 6.15. The number of rotatable bonds is 3. The molecule has 0 N–H and O–H groups in total. The summed E-state index contributed by atoms with van der Waals surface area (Å²) in [5, 5.41) is 2.05. The molecule has 4 heterocycles. The molecule has 0 aliphatic carbocycles. The van der Waals surface area contributed by atoms with Crippen molar-refractivity contribution in [2.75, 3.05) is 46.3 Å². The molecule has 0 atom stereocenters. The van der Waals surface area contributed by atoms with E-state index in [9.17, 15) is 4.79 Å². The van der Waals surface area contributed by atoms with E-state index in [0.29, 0.717) is 5.69 Å². The van der Waals surface area contributed by atoms with Gasteiger partial charge >= 0.3 is 0 Å². The molecule has 0 spiro atoms. The van der Waals surface area contributed by atoms with Gasteiger partial charge in [0, 0.05) is 44.3 Å². The summed E-state index contributed by atoms with van der Waals surface area (Å²) in [4.78, 5) is 25.6. The van der Waals surface area contributed by atoms with E-state index in [1.165, 1.54) is 12.8 Å². The number of likely N-dealkylation sites (N-methyl/N-ethyl adjacent to an activating group) is 1. The molecule has 0 unspecified atom stereocenters. The molecule has 2 fully saturated rings. The van der Waals surface area contributed by atoms with Crippen LogP contribution in [0.25, 0.3) is 4.96 Å². The van der Waals surface area contributed by atoms with Gasteiger partial charge < -0.3 is 9.80 Å².